The van der Waals surface area contributed by atoms with E-state index in [0.29, 0.717) is 22.2 Å². The van der Waals surface area contributed by atoms with Gasteiger partial charge in [-0.3, -0.25) is 4.79 Å². The van der Waals surface area contributed by atoms with E-state index < -0.39 is 0 Å². The molecule has 0 aliphatic heterocycles. The Hall–Kier alpha value is -1.91. The monoisotopic (exact) mass is 347 g/mol. The molecule has 2 rings (SSSR count). The smallest absolute Gasteiger partial charge is 0.234 e. The van der Waals surface area contributed by atoms with Gasteiger partial charge in [-0.25, -0.2) is 0 Å². The lowest BCUT2D eigenvalue weighted by Gasteiger charge is -2.10. The number of amides is 1. The Morgan fingerprint density at radius 3 is 2.78 bits per heavy atom. The highest BCUT2D eigenvalue weighted by molar-refractivity contribution is 8.00. The standard InChI is InChI=1S/C18H18ClNO2S/c1-22-17-10-9-15(19)12-16(17)20-18(21)13-23-11-5-8-14-6-3-2-4-7-14/h2-10,12H,11,13H2,1H3,(H,20,21)/b8-5+. The van der Waals surface area contributed by atoms with Gasteiger partial charge >= 0.3 is 0 Å². The van der Waals surface area contributed by atoms with E-state index in [4.69, 9.17) is 16.3 Å². The molecule has 120 valence electrons. The van der Waals surface area contributed by atoms with Crippen molar-refractivity contribution in [3.8, 4) is 5.75 Å². The minimum Gasteiger partial charge on any atom is -0.495 e. The summed E-state index contributed by atoms with van der Waals surface area (Å²) >= 11 is 7.48. The zero-order valence-electron chi connectivity index (χ0n) is 12.8. The molecule has 0 saturated carbocycles. The average Bonchev–Trinajstić information content (AvgIpc) is 2.56. The second-order valence-electron chi connectivity index (χ2n) is 4.72. The van der Waals surface area contributed by atoms with Crippen LogP contribution in [0.4, 0.5) is 5.69 Å². The van der Waals surface area contributed by atoms with Gasteiger partial charge in [0.2, 0.25) is 5.91 Å². The maximum atomic E-state index is 12.0. The lowest BCUT2D eigenvalue weighted by atomic mass is 10.2. The Morgan fingerprint density at radius 1 is 1.26 bits per heavy atom. The van der Waals surface area contributed by atoms with Crippen LogP contribution in [0.5, 0.6) is 5.75 Å². The minimum absolute atomic E-state index is 0.0799. The predicted molar refractivity (Wildman–Crippen MR) is 99.4 cm³/mol. The molecule has 0 aliphatic carbocycles. The van der Waals surface area contributed by atoms with Crippen LogP contribution in [0.3, 0.4) is 0 Å². The fourth-order valence-electron chi connectivity index (χ4n) is 1.93. The second-order valence-corrected chi connectivity index (χ2v) is 6.19. The van der Waals surface area contributed by atoms with Gasteiger partial charge in [0.05, 0.1) is 18.6 Å². The molecule has 5 heteroatoms. The van der Waals surface area contributed by atoms with E-state index in [-0.39, 0.29) is 5.91 Å². The van der Waals surface area contributed by atoms with Crippen LogP contribution in [-0.4, -0.2) is 24.5 Å². The van der Waals surface area contributed by atoms with Crippen molar-refractivity contribution in [3.63, 3.8) is 0 Å². The quantitative estimate of drug-likeness (QED) is 0.735. The molecule has 0 saturated heterocycles. The summed E-state index contributed by atoms with van der Waals surface area (Å²) in [5.74, 6) is 1.66. The number of ether oxygens (including phenoxy) is 1. The van der Waals surface area contributed by atoms with E-state index in [2.05, 4.69) is 5.32 Å². The molecule has 0 fully saturated rings. The summed E-state index contributed by atoms with van der Waals surface area (Å²) in [5, 5.41) is 3.37. The predicted octanol–water partition coefficient (Wildman–Crippen LogP) is 4.73. The van der Waals surface area contributed by atoms with Gasteiger partial charge in [0, 0.05) is 10.8 Å². The van der Waals surface area contributed by atoms with Crippen LogP contribution in [0.2, 0.25) is 5.02 Å². The lowest BCUT2D eigenvalue weighted by molar-refractivity contribution is -0.113. The van der Waals surface area contributed by atoms with Gasteiger partial charge in [0.1, 0.15) is 5.75 Å². The van der Waals surface area contributed by atoms with Crippen LogP contribution in [0.1, 0.15) is 5.56 Å². The van der Waals surface area contributed by atoms with Crippen LogP contribution in [0, 0.1) is 0 Å². The summed E-state index contributed by atoms with van der Waals surface area (Å²) in [7, 11) is 1.56. The summed E-state index contributed by atoms with van der Waals surface area (Å²) < 4.78 is 5.20. The van der Waals surface area contributed by atoms with Gasteiger partial charge < -0.3 is 10.1 Å². The number of thioether (sulfide) groups is 1. The van der Waals surface area contributed by atoms with Crippen molar-refractivity contribution in [3.05, 3.63) is 65.2 Å². The van der Waals surface area contributed by atoms with Crippen molar-refractivity contribution in [2.24, 2.45) is 0 Å². The van der Waals surface area contributed by atoms with Crippen LogP contribution in [0.15, 0.2) is 54.6 Å². The number of rotatable bonds is 7. The number of carbonyl (C=O) groups excluding carboxylic acids is 1. The van der Waals surface area contributed by atoms with Crippen molar-refractivity contribution in [1.82, 2.24) is 0 Å². The molecule has 23 heavy (non-hydrogen) atoms. The first kappa shape index (κ1) is 17.4. The fourth-order valence-corrected chi connectivity index (χ4v) is 2.71. The molecule has 0 aromatic heterocycles. The van der Waals surface area contributed by atoms with Gasteiger partial charge in [-0.05, 0) is 23.8 Å². The molecule has 0 heterocycles. The molecule has 2 aromatic carbocycles. The number of hydrogen-bond acceptors (Lipinski definition) is 3. The third-order valence-corrected chi connectivity index (χ3v) is 4.12. The Bertz CT molecular complexity index is 674. The number of methoxy groups -OCH3 is 1. The largest absolute Gasteiger partial charge is 0.495 e. The van der Waals surface area contributed by atoms with E-state index in [1.54, 1.807) is 37.1 Å². The maximum absolute atomic E-state index is 12.0. The van der Waals surface area contributed by atoms with Gasteiger partial charge in [-0.1, -0.05) is 54.1 Å². The summed E-state index contributed by atoms with van der Waals surface area (Å²) in [4.78, 5) is 12.0. The Kier molecular flexibility index (Phi) is 7.04. The van der Waals surface area contributed by atoms with Crippen LogP contribution >= 0.6 is 23.4 Å². The molecule has 1 amide bonds. The third-order valence-electron chi connectivity index (χ3n) is 2.99. The van der Waals surface area contributed by atoms with Crippen molar-refractivity contribution in [2.75, 3.05) is 23.9 Å². The first-order valence-corrected chi connectivity index (χ1v) is 8.65. The second kappa shape index (κ2) is 9.28. The van der Waals surface area contributed by atoms with Crippen LogP contribution < -0.4 is 10.1 Å². The highest BCUT2D eigenvalue weighted by Crippen LogP contribution is 2.27. The molecular formula is C18H18ClNO2S. The van der Waals surface area contributed by atoms with Gasteiger partial charge in [-0.2, -0.15) is 0 Å². The molecule has 0 atom stereocenters. The number of benzene rings is 2. The maximum Gasteiger partial charge on any atom is 0.234 e. The van der Waals surface area contributed by atoms with Gasteiger partial charge in [0.15, 0.2) is 0 Å². The third kappa shape index (κ3) is 6.00. The molecule has 1 N–H and O–H groups in total. The fraction of sp³-hybridized carbons (Fsp3) is 0.167. The van der Waals surface area contributed by atoms with Crippen molar-refractivity contribution in [1.29, 1.82) is 0 Å². The number of nitrogens with one attached hydrogen (secondary N) is 1. The number of halogens is 1. The van der Waals surface area contributed by atoms with E-state index in [1.807, 2.05) is 42.5 Å². The average molecular weight is 348 g/mol. The van der Waals surface area contributed by atoms with Crippen LogP contribution in [-0.2, 0) is 4.79 Å². The molecule has 3 nitrogen and oxygen atoms in total. The zero-order valence-corrected chi connectivity index (χ0v) is 14.4. The lowest BCUT2D eigenvalue weighted by Crippen LogP contribution is -2.14. The molecule has 0 spiro atoms. The Balaban J connectivity index is 1.77. The normalized spacial score (nSPS) is 10.7. The zero-order chi connectivity index (χ0) is 16.5. The first-order valence-electron chi connectivity index (χ1n) is 7.12. The molecule has 0 bridgehead atoms. The molecular weight excluding hydrogens is 330 g/mol. The van der Waals surface area contributed by atoms with Crippen molar-refractivity contribution in [2.45, 2.75) is 0 Å². The molecule has 0 aliphatic rings. The van der Waals surface area contributed by atoms with Crippen LogP contribution in [0.25, 0.3) is 6.08 Å². The number of carbonyl (C=O) groups is 1. The highest BCUT2D eigenvalue weighted by Gasteiger charge is 2.08. The number of anilines is 1. The van der Waals surface area contributed by atoms with E-state index in [1.165, 1.54) is 0 Å². The molecule has 2 aromatic rings. The topological polar surface area (TPSA) is 38.3 Å². The number of hydrogen-bond donors (Lipinski definition) is 1. The summed E-state index contributed by atoms with van der Waals surface area (Å²) in [6, 6.07) is 15.2. The van der Waals surface area contributed by atoms with E-state index in [9.17, 15) is 4.79 Å². The molecule has 0 unspecified atom stereocenters. The summed E-state index contributed by atoms with van der Waals surface area (Å²) in [5.41, 5.74) is 1.74. The highest BCUT2D eigenvalue weighted by atomic mass is 35.5. The first-order chi connectivity index (χ1) is 11.2. The summed E-state index contributed by atoms with van der Waals surface area (Å²) in [6.45, 7) is 0. The van der Waals surface area contributed by atoms with Crippen molar-refractivity contribution < 1.29 is 9.53 Å². The minimum atomic E-state index is -0.0799. The Morgan fingerprint density at radius 2 is 2.04 bits per heavy atom. The Labute approximate surface area is 145 Å². The summed E-state index contributed by atoms with van der Waals surface area (Å²) in [6.07, 6.45) is 4.10. The van der Waals surface area contributed by atoms with Crippen molar-refractivity contribution >= 4 is 41.0 Å². The van der Waals surface area contributed by atoms with Gasteiger partial charge in [0.25, 0.3) is 0 Å². The van der Waals surface area contributed by atoms with E-state index >= 15 is 0 Å². The SMILES string of the molecule is COc1ccc(Cl)cc1NC(=O)CSC/C=C/c1ccccc1. The van der Waals surface area contributed by atoms with Gasteiger partial charge in [-0.15, -0.1) is 11.8 Å². The van der Waals surface area contributed by atoms with E-state index in [0.717, 1.165) is 11.3 Å². The molecule has 0 radical (unpaired) electrons.